The van der Waals surface area contributed by atoms with E-state index < -0.39 is 20.9 Å². The van der Waals surface area contributed by atoms with Crippen molar-refractivity contribution in [1.29, 1.82) is 0 Å². The summed E-state index contributed by atoms with van der Waals surface area (Å²) in [4.78, 5) is 13.5. The molecule has 1 saturated heterocycles. The van der Waals surface area contributed by atoms with E-state index in [1.54, 1.807) is 17.9 Å². The molecular formula is C15H18FNO3S. The van der Waals surface area contributed by atoms with E-state index in [2.05, 4.69) is 0 Å². The number of benzene rings is 1. The summed E-state index contributed by atoms with van der Waals surface area (Å²) in [6.45, 7) is 2.62. The van der Waals surface area contributed by atoms with Gasteiger partial charge in [-0.05, 0) is 50.1 Å². The van der Waals surface area contributed by atoms with Crippen molar-refractivity contribution in [2.45, 2.75) is 29.9 Å². The largest absolute Gasteiger partial charge is 0.339 e. The lowest BCUT2D eigenvalue weighted by atomic mass is 10.1. The molecule has 0 atom stereocenters. The number of carbonyl (C=O) groups excluding carboxylic acids is 1. The number of halogens is 1. The van der Waals surface area contributed by atoms with Crippen molar-refractivity contribution in [3.63, 3.8) is 0 Å². The van der Waals surface area contributed by atoms with Gasteiger partial charge in [0.15, 0.2) is 9.84 Å². The molecule has 0 aliphatic carbocycles. The Labute approximate surface area is 124 Å². The van der Waals surface area contributed by atoms with Crippen LogP contribution in [0.1, 0.15) is 19.8 Å². The zero-order valence-electron chi connectivity index (χ0n) is 11.8. The van der Waals surface area contributed by atoms with E-state index in [1.807, 2.05) is 0 Å². The molecule has 4 nitrogen and oxygen atoms in total. The lowest BCUT2D eigenvalue weighted by molar-refractivity contribution is -0.126. The van der Waals surface area contributed by atoms with Gasteiger partial charge in [-0.25, -0.2) is 12.8 Å². The average Bonchev–Trinajstić information content (AvgIpc) is 2.48. The summed E-state index contributed by atoms with van der Waals surface area (Å²) >= 11 is 0. The average molecular weight is 311 g/mol. The van der Waals surface area contributed by atoms with Crippen molar-refractivity contribution in [3.05, 3.63) is 42.2 Å². The Balaban J connectivity index is 2.07. The van der Waals surface area contributed by atoms with Crippen LogP contribution in [0.4, 0.5) is 4.39 Å². The van der Waals surface area contributed by atoms with Gasteiger partial charge in [-0.3, -0.25) is 4.79 Å². The number of carbonyl (C=O) groups is 1. The Kier molecular flexibility index (Phi) is 4.77. The first-order valence-electron chi connectivity index (χ1n) is 6.86. The van der Waals surface area contributed by atoms with Crippen LogP contribution in [0, 0.1) is 5.82 Å². The van der Waals surface area contributed by atoms with E-state index in [-0.39, 0.29) is 10.8 Å². The van der Waals surface area contributed by atoms with Crippen LogP contribution >= 0.6 is 0 Å². The Hall–Kier alpha value is -1.69. The maximum Gasteiger partial charge on any atom is 0.246 e. The number of piperidine rings is 1. The summed E-state index contributed by atoms with van der Waals surface area (Å²) in [5.74, 6) is -0.546. The van der Waals surface area contributed by atoms with Crippen LogP contribution in [0.15, 0.2) is 41.3 Å². The van der Waals surface area contributed by atoms with Crippen LogP contribution in [0.3, 0.4) is 0 Å². The smallest absolute Gasteiger partial charge is 0.246 e. The Morgan fingerprint density at radius 1 is 1.24 bits per heavy atom. The van der Waals surface area contributed by atoms with Gasteiger partial charge in [0, 0.05) is 13.1 Å². The third-order valence-corrected chi connectivity index (χ3v) is 5.92. The number of sulfone groups is 1. The molecule has 2 rings (SSSR count). The molecule has 0 radical (unpaired) electrons. The molecule has 1 heterocycles. The summed E-state index contributed by atoms with van der Waals surface area (Å²) in [5.41, 5.74) is 0. The summed E-state index contributed by atoms with van der Waals surface area (Å²) < 4.78 is 37.8. The number of hydrogen-bond acceptors (Lipinski definition) is 3. The van der Waals surface area contributed by atoms with Gasteiger partial charge in [-0.2, -0.15) is 0 Å². The van der Waals surface area contributed by atoms with Gasteiger partial charge in [0.1, 0.15) is 5.82 Å². The molecule has 0 spiro atoms. The predicted molar refractivity (Wildman–Crippen MR) is 78.0 cm³/mol. The zero-order chi connectivity index (χ0) is 15.5. The second-order valence-electron chi connectivity index (χ2n) is 5.02. The van der Waals surface area contributed by atoms with Crippen LogP contribution in [-0.2, 0) is 14.6 Å². The van der Waals surface area contributed by atoms with Crippen LogP contribution < -0.4 is 0 Å². The van der Waals surface area contributed by atoms with Crippen molar-refractivity contribution < 1.29 is 17.6 Å². The molecule has 0 bridgehead atoms. The van der Waals surface area contributed by atoms with E-state index in [0.717, 1.165) is 12.1 Å². The van der Waals surface area contributed by atoms with Crippen molar-refractivity contribution in [2.75, 3.05) is 13.1 Å². The van der Waals surface area contributed by atoms with Gasteiger partial charge in [0.25, 0.3) is 0 Å². The molecule has 21 heavy (non-hydrogen) atoms. The molecule has 0 unspecified atom stereocenters. The topological polar surface area (TPSA) is 54.5 Å². The van der Waals surface area contributed by atoms with Gasteiger partial charge in [0.05, 0.1) is 10.1 Å². The third-order valence-electron chi connectivity index (χ3n) is 3.64. The van der Waals surface area contributed by atoms with E-state index >= 15 is 0 Å². The molecule has 114 valence electrons. The van der Waals surface area contributed by atoms with Gasteiger partial charge >= 0.3 is 0 Å². The monoisotopic (exact) mass is 311 g/mol. The predicted octanol–water partition coefficient (Wildman–Crippen LogP) is 2.17. The van der Waals surface area contributed by atoms with Gasteiger partial charge in [-0.15, -0.1) is 0 Å². The van der Waals surface area contributed by atoms with E-state index in [9.17, 15) is 17.6 Å². The van der Waals surface area contributed by atoms with E-state index in [1.165, 1.54) is 18.2 Å². The molecule has 0 aromatic heterocycles. The molecule has 1 aliphatic heterocycles. The van der Waals surface area contributed by atoms with Crippen LogP contribution in [-0.4, -0.2) is 37.6 Å². The van der Waals surface area contributed by atoms with Crippen molar-refractivity contribution in [3.8, 4) is 0 Å². The fraction of sp³-hybridized carbons (Fsp3) is 0.400. The van der Waals surface area contributed by atoms with Crippen molar-refractivity contribution in [1.82, 2.24) is 4.90 Å². The molecular weight excluding hydrogens is 293 g/mol. The minimum atomic E-state index is -3.46. The highest BCUT2D eigenvalue weighted by atomic mass is 32.2. The molecule has 1 aliphatic rings. The first-order valence-corrected chi connectivity index (χ1v) is 8.41. The zero-order valence-corrected chi connectivity index (χ0v) is 12.6. The quantitative estimate of drug-likeness (QED) is 0.635. The number of rotatable bonds is 3. The number of amides is 1. The number of allylic oxidation sites excluding steroid dienone is 1. The van der Waals surface area contributed by atoms with Gasteiger partial charge in [-0.1, -0.05) is 6.08 Å². The van der Waals surface area contributed by atoms with E-state index in [4.69, 9.17) is 0 Å². The SMILES string of the molecule is C/C=C/C(=O)N1CCC(S(=O)(=O)c2ccc(F)cc2)CC1. The first kappa shape index (κ1) is 15.7. The minimum absolute atomic E-state index is 0.0878. The normalized spacial score (nSPS) is 17.3. The van der Waals surface area contributed by atoms with Crippen molar-refractivity contribution in [2.24, 2.45) is 0 Å². The fourth-order valence-corrected chi connectivity index (χ4v) is 4.18. The molecule has 1 aromatic carbocycles. The fourth-order valence-electron chi connectivity index (χ4n) is 2.45. The lowest BCUT2D eigenvalue weighted by Gasteiger charge is -2.31. The summed E-state index contributed by atoms with van der Waals surface area (Å²) in [7, 11) is -3.46. The highest BCUT2D eigenvalue weighted by Gasteiger charge is 2.32. The highest BCUT2D eigenvalue weighted by molar-refractivity contribution is 7.92. The number of likely N-dealkylation sites (tertiary alicyclic amines) is 1. The van der Waals surface area contributed by atoms with Crippen LogP contribution in [0.2, 0.25) is 0 Å². The molecule has 1 fully saturated rings. The van der Waals surface area contributed by atoms with Crippen molar-refractivity contribution >= 4 is 15.7 Å². The number of hydrogen-bond donors (Lipinski definition) is 0. The summed E-state index contributed by atoms with van der Waals surface area (Å²) in [5, 5.41) is -0.516. The van der Waals surface area contributed by atoms with E-state index in [0.29, 0.717) is 25.9 Å². The molecule has 6 heteroatoms. The summed E-state index contributed by atoms with van der Waals surface area (Å²) in [6.07, 6.45) is 3.96. The standard InChI is InChI=1S/C15H18FNO3S/c1-2-3-15(18)17-10-8-14(9-11-17)21(19,20)13-6-4-12(16)5-7-13/h2-7,14H,8-11H2,1H3/b3-2+. The first-order chi connectivity index (χ1) is 9.95. The number of nitrogens with zero attached hydrogens (tertiary/aromatic N) is 1. The molecule has 1 amide bonds. The molecule has 1 aromatic rings. The Morgan fingerprint density at radius 2 is 1.81 bits per heavy atom. The molecule has 0 saturated carbocycles. The Bertz CT molecular complexity index is 629. The second-order valence-corrected chi connectivity index (χ2v) is 7.25. The second kappa shape index (κ2) is 6.39. The highest BCUT2D eigenvalue weighted by Crippen LogP contribution is 2.24. The minimum Gasteiger partial charge on any atom is -0.339 e. The maximum atomic E-state index is 12.9. The van der Waals surface area contributed by atoms with Gasteiger partial charge in [0.2, 0.25) is 5.91 Å². The third kappa shape index (κ3) is 3.50. The Morgan fingerprint density at radius 3 is 2.33 bits per heavy atom. The maximum absolute atomic E-state index is 12.9. The molecule has 0 N–H and O–H groups in total. The van der Waals surface area contributed by atoms with Gasteiger partial charge < -0.3 is 4.90 Å². The summed E-state index contributed by atoms with van der Waals surface area (Å²) in [6, 6.07) is 4.89. The van der Waals surface area contributed by atoms with Crippen LogP contribution in [0.5, 0.6) is 0 Å². The lowest BCUT2D eigenvalue weighted by Crippen LogP contribution is -2.41. The van der Waals surface area contributed by atoms with Crippen LogP contribution in [0.25, 0.3) is 0 Å².